The molecular weight excluding hydrogens is 515 g/mol. The van der Waals surface area contributed by atoms with Gasteiger partial charge in [0.15, 0.2) is 0 Å². The Morgan fingerprint density at radius 3 is 2.48 bits per heavy atom. The molecule has 3 N–H and O–H groups in total. The van der Waals surface area contributed by atoms with Crippen LogP contribution in [-0.4, -0.2) is 15.0 Å². The molecule has 6 rings (SSSR count). The topological polar surface area (TPSA) is 56.5 Å². The van der Waals surface area contributed by atoms with Crippen molar-refractivity contribution in [1.82, 2.24) is 15.0 Å². The molecule has 4 aromatic carbocycles. The number of aromatic amines is 2. The summed E-state index contributed by atoms with van der Waals surface area (Å²) >= 11 is 0.250. The van der Waals surface area contributed by atoms with Crippen LogP contribution in [0.15, 0.2) is 96.2 Å². The van der Waals surface area contributed by atoms with Gasteiger partial charge in [-0.1, -0.05) is 69.8 Å². The maximum absolute atomic E-state index is 13.4. The summed E-state index contributed by atoms with van der Waals surface area (Å²) in [6.07, 6.45) is 4.70. The molecule has 0 saturated heterocycles. The average molecular weight is 549 g/mol. The fraction of sp³-hybridized carbons (Fsp3) is 0.206. The number of hydrogen-bond donors (Lipinski definition) is 3. The lowest BCUT2D eigenvalue weighted by Crippen LogP contribution is -2.06. The Morgan fingerprint density at radius 1 is 0.925 bits per heavy atom. The fourth-order valence-electron chi connectivity index (χ4n) is 5.66. The number of benzene rings is 4. The monoisotopic (exact) mass is 548 g/mol. The standard InChI is InChI=1S/C34H33FN4S/c1-20(18-34(3,4)5)10-11-21(2)37-22-12-14-25-24-8-6-7-9-26(24)31-32(28(25)16-22)39-33(38-31)29-19-36-30-15-13-23(40-35)17-27(29)30/h6-9,12-17,19,36-37H,1-2,10-11,18H2,3-5H3,(H,38,39). The highest BCUT2D eigenvalue weighted by molar-refractivity contribution is 7.94. The molecule has 4 nitrogen and oxygen atoms in total. The molecule has 40 heavy (non-hydrogen) atoms. The predicted molar refractivity (Wildman–Crippen MR) is 171 cm³/mol. The Kier molecular flexibility index (Phi) is 6.67. The van der Waals surface area contributed by atoms with Crippen LogP contribution in [-0.2, 0) is 0 Å². The van der Waals surface area contributed by atoms with Crippen molar-refractivity contribution in [3.63, 3.8) is 0 Å². The normalized spacial score (nSPS) is 12.1. The number of nitrogens with zero attached hydrogens (tertiary/aromatic N) is 1. The van der Waals surface area contributed by atoms with Gasteiger partial charge in [-0.05, 0) is 65.8 Å². The summed E-state index contributed by atoms with van der Waals surface area (Å²) in [7, 11) is 0. The molecule has 6 heteroatoms. The number of H-pyrrole nitrogens is 2. The number of halogens is 1. The Morgan fingerprint density at radius 2 is 1.70 bits per heavy atom. The van der Waals surface area contributed by atoms with E-state index in [0.717, 1.165) is 80.1 Å². The van der Waals surface area contributed by atoms with Crippen molar-refractivity contribution in [1.29, 1.82) is 0 Å². The molecule has 0 radical (unpaired) electrons. The molecule has 0 atom stereocenters. The third kappa shape index (κ3) is 5.00. The lowest BCUT2D eigenvalue weighted by Gasteiger charge is -2.20. The summed E-state index contributed by atoms with van der Waals surface area (Å²) in [5.74, 6) is 0.750. The van der Waals surface area contributed by atoms with Crippen LogP contribution in [0.5, 0.6) is 0 Å². The van der Waals surface area contributed by atoms with E-state index in [1.807, 2.05) is 18.3 Å². The molecule has 0 bridgehead atoms. The van der Waals surface area contributed by atoms with Crippen LogP contribution in [0, 0.1) is 5.41 Å². The van der Waals surface area contributed by atoms with E-state index < -0.39 is 0 Å². The van der Waals surface area contributed by atoms with E-state index >= 15 is 0 Å². The van der Waals surface area contributed by atoms with Crippen molar-refractivity contribution in [2.75, 3.05) is 5.32 Å². The molecule has 0 fully saturated rings. The minimum atomic E-state index is 0.238. The van der Waals surface area contributed by atoms with Gasteiger partial charge < -0.3 is 15.3 Å². The summed E-state index contributed by atoms with van der Waals surface area (Å²) in [5, 5.41) is 8.94. The first kappa shape index (κ1) is 26.2. The summed E-state index contributed by atoms with van der Waals surface area (Å²) < 4.78 is 13.4. The van der Waals surface area contributed by atoms with Crippen molar-refractivity contribution >= 4 is 61.3 Å². The van der Waals surface area contributed by atoms with Crippen LogP contribution in [0.1, 0.15) is 40.0 Å². The Bertz CT molecular complexity index is 1920. The van der Waals surface area contributed by atoms with Crippen LogP contribution in [0.3, 0.4) is 0 Å². The number of allylic oxidation sites excluding steroid dienone is 2. The minimum Gasteiger partial charge on any atom is -0.360 e. The van der Waals surface area contributed by atoms with Gasteiger partial charge in [0.05, 0.1) is 23.2 Å². The van der Waals surface area contributed by atoms with E-state index in [9.17, 15) is 3.89 Å². The summed E-state index contributed by atoms with van der Waals surface area (Å²) in [6.45, 7) is 15.3. The predicted octanol–water partition coefficient (Wildman–Crippen LogP) is 10.7. The average Bonchev–Trinajstić information content (AvgIpc) is 3.55. The van der Waals surface area contributed by atoms with E-state index in [1.54, 1.807) is 6.07 Å². The third-order valence-corrected chi connectivity index (χ3v) is 7.78. The Labute approximate surface area is 238 Å². The highest BCUT2D eigenvalue weighted by Gasteiger charge is 2.17. The van der Waals surface area contributed by atoms with Crippen molar-refractivity contribution in [2.24, 2.45) is 5.41 Å². The first-order valence-corrected chi connectivity index (χ1v) is 14.3. The van der Waals surface area contributed by atoms with Gasteiger partial charge in [-0.25, -0.2) is 4.98 Å². The van der Waals surface area contributed by atoms with Crippen molar-refractivity contribution in [3.05, 3.63) is 91.3 Å². The number of anilines is 1. The van der Waals surface area contributed by atoms with Gasteiger partial charge >= 0.3 is 0 Å². The molecular formula is C34H33FN4S. The second-order valence-electron chi connectivity index (χ2n) is 11.8. The highest BCUT2D eigenvalue weighted by Crippen LogP contribution is 2.38. The van der Waals surface area contributed by atoms with Crippen LogP contribution >= 0.6 is 12.1 Å². The zero-order valence-corrected chi connectivity index (χ0v) is 23.9. The van der Waals surface area contributed by atoms with Crippen LogP contribution in [0.2, 0.25) is 0 Å². The zero-order chi connectivity index (χ0) is 28.0. The number of nitrogens with one attached hydrogen (secondary N) is 3. The first-order chi connectivity index (χ1) is 19.2. The maximum atomic E-state index is 13.4. The number of hydrogen-bond acceptors (Lipinski definition) is 3. The van der Waals surface area contributed by atoms with Gasteiger partial charge in [0.2, 0.25) is 0 Å². The van der Waals surface area contributed by atoms with Crippen molar-refractivity contribution in [3.8, 4) is 11.4 Å². The fourth-order valence-corrected chi connectivity index (χ4v) is 5.94. The Hall–Kier alpha value is -4.03. The largest absolute Gasteiger partial charge is 0.360 e. The second kappa shape index (κ2) is 10.2. The van der Waals surface area contributed by atoms with Crippen molar-refractivity contribution in [2.45, 2.75) is 44.9 Å². The van der Waals surface area contributed by atoms with Gasteiger partial charge in [0.25, 0.3) is 0 Å². The van der Waals surface area contributed by atoms with Gasteiger partial charge in [0, 0.05) is 49.7 Å². The van der Waals surface area contributed by atoms with E-state index in [-0.39, 0.29) is 17.6 Å². The number of rotatable bonds is 8. The van der Waals surface area contributed by atoms with E-state index in [0.29, 0.717) is 4.90 Å². The van der Waals surface area contributed by atoms with E-state index in [4.69, 9.17) is 4.98 Å². The van der Waals surface area contributed by atoms with Crippen LogP contribution < -0.4 is 5.32 Å². The SMILES string of the molecule is C=C(CCC(=C)Nc1ccc2c3ccccc3c3[nH]c(-c4c[nH]c5ccc(SF)cc45)nc3c2c1)CC(C)(C)C. The Balaban J connectivity index is 1.40. The maximum Gasteiger partial charge on any atom is 0.140 e. The lowest BCUT2D eigenvalue weighted by atomic mass is 9.87. The molecule has 0 aliphatic rings. The summed E-state index contributed by atoms with van der Waals surface area (Å²) in [5.41, 5.74) is 7.18. The van der Waals surface area contributed by atoms with E-state index in [1.165, 1.54) is 11.0 Å². The number of imidazole rings is 1. The smallest absolute Gasteiger partial charge is 0.140 e. The summed E-state index contributed by atoms with van der Waals surface area (Å²) in [6, 6.07) is 20.4. The molecule has 0 unspecified atom stereocenters. The van der Waals surface area contributed by atoms with Gasteiger partial charge in [-0.2, -0.15) is 3.89 Å². The second-order valence-corrected chi connectivity index (χ2v) is 12.4. The highest BCUT2D eigenvalue weighted by atomic mass is 32.2. The molecule has 6 aromatic rings. The first-order valence-electron chi connectivity index (χ1n) is 13.6. The van der Waals surface area contributed by atoms with E-state index in [2.05, 4.69) is 91.7 Å². The minimum absolute atomic E-state index is 0.238. The van der Waals surface area contributed by atoms with Gasteiger partial charge in [-0.3, -0.25) is 0 Å². The third-order valence-electron chi connectivity index (χ3n) is 7.34. The molecule has 0 spiro atoms. The molecule has 0 aliphatic heterocycles. The zero-order valence-electron chi connectivity index (χ0n) is 23.1. The molecule has 0 aliphatic carbocycles. The van der Waals surface area contributed by atoms with Crippen LogP contribution in [0.4, 0.5) is 9.57 Å². The molecule has 0 saturated carbocycles. The lowest BCUT2D eigenvalue weighted by molar-refractivity contribution is 0.405. The van der Waals surface area contributed by atoms with Gasteiger partial charge in [0.1, 0.15) is 5.82 Å². The van der Waals surface area contributed by atoms with Gasteiger partial charge in [-0.15, -0.1) is 0 Å². The molecule has 0 amide bonds. The number of fused-ring (bicyclic) bond motifs is 7. The summed E-state index contributed by atoms with van der Waals surface area (Å²) in [4.78, 5) is 12.6. The number of aromatic nitrogens is 3. The van der Waals surface area contributed by atoms with Crippen molar-refractivity contribution < 1.29 is 3.89 Å². The molecule has 2 aromatic heterocycles. The quantitative estimate of drug-likeness (QED) is 0.131. The van der Waals surface area contributed by atoms with Crippen LogP contribution in [0.25, 0.3) is 54.9 Å². The molecule has 2 heterocycles. The molecule has 202 valence electrons.